The van der Waals surface area contributed by atoms with Gasteiger partial charge in [0.25, 0.3) is 0 Å². The molecular formula is C26H34N6O6S2. The van der Waals surface area contributed by atoms with Gasteiger partial charge in [-0.05, 0) is 49.7 Å². The molecule has 2 aromatic heterocycles. The molecule has 0 amide bonds. The summed E-state index contributed by atoms with van der Waals surface area (Å²) in [6.45, 7) is 1.36. The molecule has 2 N–H and O–H groups in total. The minimum atomic E-state index is -3.98. The molecule has 14 heteroatoms. The van der Waals surface area contributed by atoms with Gasteiger partial charge in [0.05, 0.1) is 18.9 Å². The van der Waals surface area contributed by atoms with Crippen molar-refractivity contribution >= 4 is 20.0 Å². The Morgan fingerprint density at radius 3 is 2.58 bits per heavy atom. The molecule has 3 aromatic rings. The molecule has 1 spiro atoms. The number of benzene rings is 1. The summed E-state index contributed by atoms with van der Waals surface area (Å²) < 4.78 is 64.8. The number of ether oxygens (including phenoxy) is 1. The van der Waals surface area contributed by atoms with E-state index in [4.69, 9.17) is 4.74 Å². The molecule has 1 unspecified atom stereocenters. The Balaban J connectivity index is 1.46. The van der Waals surface area contributed by atoms with Gasteiger partial charge in [-0.25, -0.2) is 21.6 Å². The van der Waals surface area contributed by atoms with Gasteiger partial charge in [0.1, 0.15) is 15.5 Å². The van der Waals surface area contributed by atoms with E-state index in [0.717, 1.165) is 11.1 Å². The Morgan fingerprint density at radius 1 is 1.12 bits per heavy atom. The van der Waals surface area contributed by atoms with Crippen molar-refractivity contribution in [1.29, 1.82) is 0 Å². The van der Waals surface area contributed by atoms with Crippen LogP contribution in [0.3, 0.4) is 0 Å². The summed E-state index contributed by atoms with van der Waals surface area (Å²) in [7, 11) is -4.02. The van der Waals surface area contributed by atoms with Crippen LogP contribution >= 0.6 is 0 Å². The number of likely N-dealkylation sites (N-methyl/N-ethyl adjacent to an activating group) is 1. The van der Waals surface area contributed by atoms with Crippen LogP contribution in [0.2, 0.25) is 0 Å². The number of hydrogen-bond donors (Lipinski definition) is 2. The molecule has 1 aromatic carbocycles. The van der Waals surface area contributed by atoms with Gasteiger partial charge in [-0.2, -0.15) is 9.40 Å². The first-order valence-corrected chi connectivity index (χ1v) is 15.9. The van der Waals surface area contributed by atoms with Gasteiger partial charge in [-0.3, -0.25) is 9.67 Å². The molecule has 1 atom stereocenters. The summed E-state index contributed by atoms with van der Waals surface area (Å²) in [6.07, 6.45) is 6.46. The highest BCUT2D eigenvalue weighted by Crippen LogP contribution is 2.37. The molecule has 40 heavy (non-hydrogen) atoms. The van der Waals surface area contributed by atoms with Gasteiger partial charge >= 0.3 is 0 Å². The fraction of sp³-hybridized carbons (Fsp3) is 0.462. The van der Waals surface area contributed by atoms with Crippen LogP contribution in [0.15, 0.2) is 64.9 Å². The quantitative estimate of drug-likeness (QED) is 0.454. The van der Waals surface area contributed by atoms with E-state index in [1.807, 2.05) is 18.1 Å². The molecule has 1 fully saturated rings. The lowest BCUT2D eigenvalue weighted by Crippen LogP contribution is -2.51. The van der Waals surface area contributed by atoms with Crippen molar-refractivity contribution in [1.82, 2.24) is 28.7 Å². The van der Waals surface area contributed by atoms with Gasteiger partial charge in [0, 0.05) is 69.3 Å². The molecule has 216 valence electrons. The highest BCUT2D eigenvalue weighted by molar-refractivity contribution is 7.89. The van der Waals surface area contributed by atoms with Gasteiger partial charge in [-0.15, -0.1) is 0 Å². The highest BCUT2D eigenvalue weighted by atomic mass is 32.2. The van der Waals surface area contributed by atoms with Crippen molar-refractivity contribution in [3.8, 4) is 16.9 Å². The van der Waals surface area contributed by atoms with E-state index in [0.29, 0.717) is 19.4 Å². The normalized spacial score (nSPS) is 22.5. The maximum absolute atomic E-state index is 13.2. The van der Waals surface area contributed by atoms with Crippen LogP contribution in [0.5, 0.6) is 5.75 Å². The SMILES string of the molecule is CN1CC(O)CNS(=O)(=O)c2ccc(-c3cnn(C)c3)cc2OCC2(CCN(S(=O)(=O)c3cccnc3)CC2)C1. The lowest BCUT2D eigenvalue weighted by Gasteiger charge is -2.43. The monoisotopic (exact) mass is 590 g/mol. The molecule has 0 saturated carbocycles. The van der Waals surface area contributed by atoms with E-state index in [-0.39, 0.29) is 48.3 Å². The molecule has 1 saturated heterocycles. The standard InChI is InChI=1S/C26H34N6O6S2/c1-30-17-22(33)14-29-39(34,35)25-6-5-20(21-13-28-31(2)16-21)12-24(25)38-19-26(18-30)7-10-32(11-8-26)40(36,37)23-4-3-9-27-15-23/h3-6,9,12-13,15-16,22,29,33H,7-8,10-11,14,17-19H2,1-2H3. The van der Waals surface area contributed by atoms with Gasteiger partial charge in [0.15, 0.2) is 0 Å². The first-order chi connectivity index (χ1) is 19.0. The predicted molar refractivity (Wildman–Crippen MR) is 147 cm³/mol. The third kappa shape index (κ3) is 6.06. The van der Waals surface area contributed by atoms with Crippen LogP contribution in [0.4, 0.5) is 0 Å². The largest absolute Gasteiger partial charge is 0.492 e. The van der Waals surface area contributed by atoms with Gasteiger partial charge in [-0.1, -0.05) is 6.07 Å². The molecular weight excluding hydrogens is 556 g/mol. The summed E-state index contributed by atoms with van der Waals surface area (Å²) in [4.78, 5) is 6.03. The molecule has 0 radical (unpaired) electrons. The number of piperidine rings is 1. The second-order valence-electron chi connectivity index (χ2n) is 10.6. The van der Waals surface area contributed by atoms with Gasteiger partial charge in [0.2, 0.25) is 20.0 Å². The first-order valence-electron chi connectivity index (χ1n) is 13.0. The maximum atomic E-state index is 13.2. The number of rotatable bonds is 3. The summed E-state index contributed by atoms with van der Waals surface area (Å²) in [5.74, 6) is 0.191. The van der Waals surface area contributed by atoms with E-state index in [1.165, 1.54) is 28.8 Å². The van der Waals surface area contributed by atoms with Crippen molar-refractivity contribution < 1.29 is 26.7 Å². The van der Waals surface area contributed by atoms with Crippen LogP contribution in [0, 0.1) is 5.41 Å². The fourth-order valence-electron chi connectivity index (χ4n) is 5.37. The number of aliphatic hydroxyl groups excluding tert-OH is 1. The zero-order valence-corrected chi connectivity index (χ0v) is 24.1. The number of aryl methyl sites for hydroxylation is 1. The van der Waals surface area contributed by atoms with E-state index < -0.39 is 31.6 Å². The second-order valence-corrected chi connectivity index (χ2v) is 14.3. The summed E-state index contributed by atoms with van der Waals surface area (Å²) >= 11 is 0. The number of sulfonamides is 2. The minimum absolute atomic E-state index is 0.0204. The van der Waals surface area contributed by atoms with Gasteiger partial charge < -0.3 is 14.7 Å². The molecule has 0 bridgehead atoms. The zero-order valence-electron chi connectivity index (χ0n) is 22.5. The van der Waals surface area contributed by atoms with E-state index in [2.05, 4.69) is 14.8 Å². The smallest absolute Gasteiger partial charge is 0.244 e. The Bertz CT molecular complexity index is 1550. The summed E-state index contributed by atoms with van der Waals surface area (Å²) in [5.41, 5.74) is 1.08. The minimum Gasteiger partial charge on any atom is -0.492 e. The van der Waals surface area contributed by atoms with Crippen molar-refractivity contribution in [3.63, 3.8) is 0 Å². The van der Waals surface area contributed by atoms with Crippen molar-refractivity contribution in [2.75, 3.05) is 46.4 Å². The Kier molecular flexibility index (Phi) is 8.01. The number of fused-ring (bicyclic) bond motifs is 1. The lowest BCUT2D eigenvalue weighted by atomic mass is 9.79. The van der Waals surface area contributed by atoms with Crippen molar-refractivity contribution in [2.24, 2.45) is 12.5 Å². The van der Waals surface area contributed by atoms with Crippen molar-refractivity contribution in [2.45, 2.75) is 28.7 Å². The maximum Gasteiger partial charge on any atom is 0.244 e. The highest BCUT2D eigenvalue weighted by Gasteiger charge is 2.41. The van der Waals surface area contributed by atoms with Crippen LogP contribution in [-0.2, 0) is 27.1 Å². The lowest BCUT2D eigenvalue weighted by molar-refractivity contribution is 0.0318. The first kappa shape index (κ1) is 28.6. The van der Waals surface area contributed by atoms with E-state index in [9.17, 15) is 21.9 Å². The topological polar surface area (TPSA) is 147 Å². The van der Waals surface area contributed by atoms with E-state index in [1.54, 1.807) is 36.1 Å². The number of β-amino-alcohol motifs (C(OH)–C–C–N with tert-alkyl or cyclic N) is 1. The van der Waals surface area contributed by atoms with E-state index >= 15 is 0 Å². The molecule has 12 nitrogen and oxygen atoms in total. The predicted octanol–water partition coefficient (Wildman–Crippen LogP) is 0.917. The Labute approximate surface area is 234 Å². The molecule has 2 aliphatic heterocycles. The fourth-order valence-corrected chi connectivity index (χ4v) is 7.97. The number of aromatic nitrogens is 3. The number of pyridine rings is 1. The molecule has 4 heterocycles. The second kappa shape index (κ2) is 11.2. The molecule has 5 rings (SSSR count). The summed E-state index contributed by atoms with van der Waals surface area (Å²) in [5, 5.41) is 14.8. The number of nitrogens with one attached hydrogen (secondary N) is 1. The third-order valence-corrected chi connectivity index (χ3v) is 10.8. The number of hydrogen-bond acceptors (Lipinski definition) is 9. The molecule has 2 aliphatic rings. The van der Waals surface area contributed by atoms with Crippen LogP contribution in [0.1, 0.15) is 12.8 Å². The number of aliphatic hydroxyl groups is 1. The molecule has 0 aliphatic carbocycles. The van der Waals surface area contributed by atoms with Crippen LogP contribution < -0.4 is 9.46 Å². The summed E-state index contributed by atoms with van der Waals surface area (Å²) in [6, 6.07) is 8.02. The average molecular weight is 591 g/mol. The Hall–Kier alpha value is -2.88. The number of nitrogens with zero attached hydrogens (tertiary/aromatic N) is 5. The zero-order chi connectivity index (χ0) is 28.5. The average Bonchev–Trinajstić information content (AvgIpc) is 3.37. The van der Waals surface area contributed by atoms with Crippen LogP contribution in [0.25, 0.3) is 11.1 Å². The van der Waals surface area contributed by atoms with Crippen molar-refractivity contribution in [3.05, 3.63) is 55.1 Å². The Morgan fingerprint density at radius 2 is 1.90 bits per heavy atom. The third-order valence-electron chi connectivity index (χ3n) is 7.50. The van der Waals surface area contributed by atoms with Crippen LogP contribution in [-0.4, -0.2) is 98.4 Å².